The van der Waals surface area contributed by atoms with Gasteiger partial charge in [0, 0.05) is 17.8 Å². The summed E-state index contributed by atoms with van der Waals surface area (Å²) in [5, 5.41) is 15.8. The lowest BCUT2D eigenvalue weighted by Gasteiger charge is -2.12. The first kappa shape index (κ1) is 25.9. The number of hydrogen-bond donors (Lipinski definition) is 2. The van der Waals surface area contributed by atoms with Gasteiger partial charge in [0.25, 0.3) is 0 Å². The molecule has 2 amide bonds. The Morgan fingerprint density at radius 2 is 1.45 bits per heavy atom. The second-order valence-electron chi connectivity index (χ2n) is 7.70. The van der Waals surface area contributed by atoms with Gasteiger partial charge in [-0.3, -0.25) is 10.1 Å². The number of benzene rings is 4. The van der Waals surface area contributed by atoms with E-state index in [0.717, 1.165) is 0 Å². The molecule has 0 aliphatic heterocycles. The van der Waals surface area contributed by atoms with Crippen LogP contribution in [0.4, 0.5) is 39.4 Å². The lowest BCUT2D eigenvalue weighted by atomic mass is 10.2. The van der Waals surface area contributed by atoms with Crippen LogP contribution in [0.5, 0.6) is 23.0 Å². The van der Waals surface area contributed by atoms with Gasteiger partial charge in [-0.25, -0.2) is 9.18 Å². The SMILES string of the molecule is O=C(Nc1ccc(Oc2ccc([N+](=O)[O-])c(Oc3ccccc3)c2)cc1)Nc1cc(C(F)(F)F)ccc1F. The van der Waals surface area contributed by atoms with Gasteiger partial charge in [0.15, 0.2) is 0 Å². The molecule has 8 nitrogen and oxygen atoms in total. The number of alkyl halides is 3. The van der Waals surface area contributed by atoms with E-state index in [0.29, 0.717) is 29.7 Å². The smallest absolute Gasteiger partial charge is 0.416 e. The number of amides is 2. The summed E-state index contributed by atoms with van der Waals surface area (Å²) in [4.78, 5) is 23.0. The Hall–Kier alpha value is -5.13. The van der Waals surface area contributed by atoms with Gasteiger partial charge in [-0.1, -0.05) is 18.2 Å². The highest BCUT2D eigenvalue weighted by Crippen LogP contribution is 2.36. The van der Waals surface area contributed by atoms with E-state index in [9.17, 15) is 32.5 Å². The highest BCUT2D eigenvalue weighted by Gasteiger charge is 2.31. The molecule has 0 fully saturated rings. The molecule has 0 heterocycles. The zero-order valence-corrected chi connectivity index (χ0v) is 19.2. The molecule has 0 aromatic heterocycles. The number of carbonyl (C=O) groups is 1. The first-order valence-corrected chi connectivity index (χ1v) is 10.8. The van der Waals surface area contributed by atoms with Crippen molar-refractivity contribution in [1.82, 2.24) is 0 Å². The van der Waals surface area contributed by atoms with E-state index in [-0.39, 0.29) is 22.9 Å². The molecule has 4 rings (SSSR count). The molecule has 4 aromatic carbocycles. The van der Waals surface area contributed by atoms with E-state index >= 15 is 0 Å². The van der Waals surface area contributed by atoms with Crippen LogP contribution in [-0.2, 0) is 6.18 Å². The van der Waals surface area contributed by atoms with Crippen LogP contribution in [0.1, 0.15) is 5.56 Å². The maximum absolute atomic E-state index is 13.9. The number of carbonyl (C=O) groups excluding carboxylic acids is 1. The maximum Gasteiger partial charge on any atom is 0.416 e. The van der Waals surface area contributed by atoms with E-state index in [1.807, 2.05) is 5.32 Å². The Morgan fingerprint density at radius 1 is 0.789 bits per heavy atom. The molecule has 0 bridgehead atoms. The van der Waals surface area contributed by atoms with Crippen LogP contribution in [0.2, 0.25) is 0 Å². The molecule has 12 heteroatoms. The number of anilines is 2. The number of ether oxygens (including phenoxy) is 2. The number of nitro groups is 1. The molecule has 0 aliphatic rings. The highest BCUT2D eigenvalue weighted by molar-refractivity contribution is 5.99. The molecule has 0 aliphatic carbocycles. The fourth-order valence-electron chi connectivity index (χ4n) is 3.23. The second kappa shape index (κ2) is 10.9. The fraction of sp³-hybridized carbons (Fsp3) is 0.0385. The summed E-state index contributed by atoms with van der Waals surface area (Å²) in [5.41, 5.74) is -1.77. The summed E-state index contributed by atoms with van der Waals surface area (Å²) in [6, 6.07) is 19.0. The third-order valence-corrected chi connectivity index (χ3v) is 4.99. The number of nitrogens with zero attached hydrogens (tertiary/aromatic N) is 1. The molecule has 0 spiro atoms. The van der Waals surface area contributed by atoms with Gasteiger partial charge in [-0.15, -0.1) is 0 Å². The van der Waals surface area contributed by atoms with Crippen molar-refractivity contribution in [2.75, 3.05) is 10.6 Å². The topological polar surface area (TPSA) is 103 Å². The molecule has 194 valence electrons. The molecule has 4 aromatic rings. The number of nitrogens with one attached hydrogen (secondary N) is 2. The summed E-state index contributed by atoms with van der Waals surface area (Å²) in [7, 11) is 0. The summed E-state index contributed by atoms with van der Waals surface area (Å²) >= 11 is 0. The minimum atomic E-state index is -4.70. The van der Waals surface area contributed by atoms with Crippen molar-refractivity contribution >= 4 is 23.1 Å². The van der Waals surface area contributed by atoms with Crippen molar-refractivity contribution in [3.63, 3.8) is 0 Å². The molecular formula is C26H17F4N3O5. The minimum Gasteiger partial charge on any atom is -0.457 e. The molecule has 0 saturated carbocycles. The lowest BCUT2D eigenvalue weighted by molar-refractivity contribution is -0.385. The van der Waals surface area contributed by atoms with Crippen molar-refractivity contribution in [3.05, 3.63) is 112 Å². The minimum absolute atomic E-state index is 0.0320. The predicted octanol–water partition coefficient (Wildman–Crippen LogP) is 7.98. The summed E-state index contributed by atoms with van der Waals surface area (Å²) in [5.74, 6) is -0.128. The van der Waals surface area contributed by atoms with Gasteiger partial charge in [-0.05, 0) is 60.7 Å². The Kier molecular flexibility index (Phi) is 7.42. The Labute approximate surface area is 212 Å². The average molecular weight is 527 g/mol. The standard InChI is InChI=1S/C26H17F4N3O5/c27-21-12-6-16(26(28,29)30)14-22(21)32-25(34)31-17-7-9-19(10-8-17)37-20-11-13-23(33(35)36)24(15-20)38-18-4-2-1-3-5-18/h1-15H,(H2,31,32,34). The first-order valence-electron chi connectivity index (χ1n) is 10.8. The molecular weight excluding hydrogens is 510 g/mol. The quantitative estimate of drug-likeness (QED) is 0.144. The van der Waals surface area contributed by atoms with Gasteiger partial charge in [-0.2, -0.15) is 13.2 Å². The molecule has 2 N–H and O–H groups in total. The number of nitro benzene ring substituents is 1. The molecule has 38 heavy (non-hydrogen) atoms. The van der Waals surface area contributed by atoms with Crippen molar-refractivity contribution < 1.29 is 36.8 Å². The highest BCUT2D eigenvalue weighted by atomic mass is 19.4. The zero-order valence-electron chi connectivity index (χ0n) is 19.2. The van der Waals surface area contributed by atoms with Crippen LogP contribution in [0.15, 0.2) is 91.0 Å². The zero-order chi connectivity index (χ0) is 27.3. The summed E-state index contributed by atoms with van der Waals surface area (Å²) in [6.45, 7) is 0. The van der Waals surface area contributed by atoms with Gasteiger partial charge >= 0.3 is 17.9 Å². The van der Waals surface area contributed by atoms with Crippen LogP contribution < -0.4 is 20.1 Å². The average Bonchev–Trinajstić information content (AvgIpc) is 2.86. The lowest BCUT2D eigenvalue weighted by Crippen LogP contribution is -2.20. The maximum atomic E-state index is 13.9. The fourth-order valence-corrected chi connectivity index (χ4v) is 3.23. The molecule has 0 atom stereocenters. The van der Waals surface area contributed by atoms with Crippen LogP contribution in [-0.4, -0.2) is 11.0 Å². The number of hydrogen-bond acceptors (Lipinski definition) is 5. The van der Waals surface area contributed by atoms with Crippen LogP contribution in [0.25, 0.3) is 0 Å². The number of rotatable bonds is 7. The molecule has 0 unspecified atom stereocenters. The molecule has 0 radical (unpaired) electrons. The normalized spacial score (nSPS) is 10.9. The van der Waals surface area contributed by atoms with Gasteiger partial charge in [0.1, 0.15) is 23.1 Å². The third kappa shape index (κ3) is 6.55. The number of urea groups is 1. The van der Waals surface area contributed by atoms with Crippen LogP contribution >= 0.6 is 0 Å². The van der Waals surface area contributed by atoms with E-state index in [1.54, 1.807) is 30.3 Å². The van der Waals surface area contributed by atoms with E-state index in [1.165, 1.54) is 42.5 Å². The van der Waals surface area contributed by atoms with Crippen molar-refractivity contribution in [1.29, 1.82) is 0 Å². The van der Waals surface area contributed by atoms with Gasteiger partial charge < -0.3 is 20.1 Å². The van der Waals surface area contributed by atoms with Gasteiger partial charge in [0.05, 0.1) is 16.2 Å². The van der Waals surface area contributed by atoms with Crippen molar-refractivity contribution in [2.24, 2.45) is 0 Å². The number of halogens is 4. The van der Waals surface area contributed by atoms with Crippen molar-refractivity contribution in [3.8, 4) is 23.0 Å². The van der Waals surface area contributed by atoms with E-state index in [4.69, 9.17) is 9.47 Å². The third-order valence-electron chi connectivity index (χ3n) is 4.99. The van der Waals surface area contributed by atoms with Gasteiger partial charge in [0.2, 0.25) is 5.75 Å². The van der Waals surface area contributed by atoms with Crippen LogP contribution in [0, 0.1) is 15.9 Å². The predicted molar refractivity (Wildman–Crippen MR) is 130 cm³/mol. The van der Waals surface area contributed by atoms with Crippen molar-refractivity contribution in [2.45, 2.75) is 6.18 Å². The largest absolute Gasteiger partial charge is 0.457 e. The summed E-state index contributed by atoms with van der Waals surface area (Å²) in [6.07, 6.45) is -4.70. The molecule has 0 saturated heterocycles. The number of para-hydroxylation sites is 1. The van der Waals surface area contributed by atoms with Crippen LogP contribution in [0.3, 0.4) is 0 Å². The Morgan fingerprint density at radius 3 is 2.11 bits per heavy atom. The monoisotopic (exact) mass is 527 g/mol. The van der Waals surface area contributed by atoms with E-state index in [2.05, 4.69) is 5.32 Å². The Balaban J connectivity index is 1.43. The second-order valence-corrected chi connectivity index (χ2v) is 7.70. The summed E-state index contributed by atoms with van der Waals surface area (Å²) < 4.78 is 63.8. The first-order chi connectivity index (χ1) is 18.1. The Bertz CT molecular complexity index is 1460. The van der Waals surface area contributed by atoms with E-state index < -0.39 is 34.2 Å².